The number of likely N-dealkylation sites (tertiary alicyclic amines) is 1. The number of aromatic nitrogens is 2. The summed E-state index contributed by atoms with van der Waals surface area (Å²) in [5.74, 6) is 1.09. The predicted molar refractivity (Wildman–Crippen MR) is 104 cm³/mol. The van der Waals surface area contributed by atoms with Crippen LogP contribution in [0.15, 0.2) is 4.79 Å². The summed E-state index contributed by atoms with van der Waals surface area (Å²) in [6, 6.07) is 0.104. The van der Waals surface area contributed by atoms with Gasteiger partial charge < -0.3 is 20.3 Å². The van der Waals surface area contributed by atoms with Gasteiger partial charge in [0.15, 0.2) is 0 Å². The molecule has 0 radical (unpaired) electrons. The van der Waals surface area contributed by atoms with Crippen LogP contribution in [0.3, 0.4) is 0 Å². The summed E-state index contributed by atoms with van der Waals surface area (Å²) in [5.41, 5.74) is 7.02. The average Bonchev–Trinajstić information content (AvgIpc) is 2.67. The lowest BCUT2D eigenvalue weighted by Crippen LogP contribution is -2.51. The van der Waals surface area contributed by atoms with Gasteiger partial charge in [-0.05, 0) is 32.1 Å². The lowest BCUT2D eigenvalue weighted by molar-refractivity contribution is -0.136. The van der Waals surface area contributed by atoms with Crippen molar-refractivity contribution in [3.8, 4) is 0 Å². The smallest absolute Gasteiger partial charge is 0.255 e. The molecule has 1 aromatic rings. The first kappa shape index (κ1) is 19.8. The van der Waals surface area contributed by atoms with Crippen LogP contribution < -0.4 is 16.2 Å². The summed E-state index contributed by atoms with van der Waals surface area (Å²) in [7, 11) is 0. The second-order valence-electron chi connectivity index (χ2n) is 7.56. The standard InChI is InChI=1S/C19H31N5O3/c1-13-4-3-7-24(16(13)12-20)17(25)6-5-15-14(2)21-19(22-18(15)26)23-8-10-27-11-9-23/h13,16H,3-12,20H2,1-2H3,(H,21,22,26)/t13-,16+/m1/s1. The molecule has 2 fully saturated rings. The number of carbonyl (C=O) groups excluding carboxylic acids is 1. The van der Waals surface area contributed by atoms with E-state index < -0.39 is 0 Å². The lowest BCUT2D eigenvalue weighted by Gasteiger charge is -2.39. The Kier molecular flexibility index (Phi) is 6.49. The number of aromatic amines is 1. The fourth-order valence-corrected chi connectivity index (χ4v) is 4.11. The number of aryl methyl sites for hydroxylation is 1. The van der Waals surface area contributed by atoms with Crippen LogP contribution in [0, 0.1) is 12.8 Å². The van der Waals surface area contributed by atoms with Crippen molar-refractivity contribution in [2.24, 2.45) is 11.7 Å². The SMILES string of the molecule is Cc1nc(N2CCOCC2)[nH]c(=O)c1CCC(=O)N1CCC[C@@H](C)[C@@H]1CN. The molecule has 3 N–H and O–H groups in total. The van der Waals surface area contributed by atoms with E-state index in [0.29, 0.717) is 68.8 Å². The molecule has 2 aliphatic rings. The molecule has 0 unspecified atom stereocenters. The Balaban J connectivity index is 1.67. The van der Waals surface area contributed by atoms with Crippen LogP contribution in [-0.4, -0.2) is 66.2 Å². The first-order valence-corrected chi connectivity index (χ1v) is 9.93. The van der Waals surface area contributed by atoms with Gasteiger partial charge in [0, 0.05) is 49.9 Å². The summed E-state index contributed by atoms with van der Waals surface area (Å²) in [6.45, 7) is 7.94. The largest absolute Gasteiger partial charge is 0.378 e. The summed E-state index contributed by atoms with van der Waals surface area (Å²) in [5, 5.41) is 0. The van der Waals surface area contributed by atoms with E-state index >= 15 is 0 Å². The van der Waals surface area contributed by atoms with E-state index in [1.165, 1.54) is 0 Å². The molecule has 150 valence electrons. The van der Waals surface area contributed by atoms with E-state index in [1.807, 2.05) is 16.7 Å². The highest BCUT2D eigenvalue weighted by Crippen LogP contribution is 2.23. The molecule has 0 saturated carbocycles. The Hall–Kier alpha value is -1.93. The minimum absolute atomic E-state index is 0.0769. The number of morpholine rings is 1. The summed E-state index contributed by atoms with van der Waals surface area (Å²) in [6.07, 6.45) is 2.83. The number of rotatable bonds is 5. The average molecular weight is 377 g/mol. The van der Waals surface area contributed by atoms with E-state index in [4.69, 9.17) is 10.5 Å². The predicted octanol–water partition coefficient (Wildman–Crippen LogP) is 0.433. The molecular formula is C19H31N5O3. The van der Waals surface area contributed by atoms with E-state index in [2.05, 4.69) is 16.9 Å². The van der Waals surface area contributed by atoms with Crippen molar-refractivity contribution in [2.45, 2.75) is 45.6 Å². The van der Waals surface area contributed by atoms with E-state index in [0.717, 1.165) is 19.4 Å². The van der Waals surface area contributed by atoms with Gasteiger partial charge >= 0.3 is 0 Å². The first-order chi connectivity index (χ1) is 13.0. The van der Waals surface area contributed by atoms with Gasteiger partial charge in [0.25, 0.3) is 5.56 Å². The molecule has 2 aliphatic heterocycles. The molecule has 0 bridgehead atoms. The van der Waals surface area contributed by atoms with Crippen molar-refractivity contribution in [1.82, 2.24) is 14.9 Å². The van der Waals surface area contributed by atoms with Gasteiger partial charge in [-0.25, -0.2) is 4.98 Å². The number of nitrogens with one attached hydrogen (secondary N) is 1. The number of hydrogen-bond acceptors (Lipinski definition) is 6. The van der Waals surface area contributed by atoms with E-state index in [1.54, 1.807) is 0 Å². The molecule has 0 aromatic carbocycles. The number of hydrogen-bond donors (Lipinski definition) is 2. The minimum Gasteiger partial charge on any atom is -0.378 e. The Morgan fingerprint density at radius 3 is 2.74 bits per heavy atom. The third-order valence-electron chi connectivity index (χ3n) is 5.79. The maximum atomic E-state index is 12.7. The zero-order chi connectivity index (χ0) is 19.4. The molecule has 2 atom stereocenters. The highest BCUT2D eigenvalue weighted by molar-refractivity contribution is 5.77. The molecule has 0 aliphatic carbocycles. The number of ether oxygens (including phenoxy) is 1. The number of H-pyrrole nitrogens is 1. The number of amides is 1. The molecule has 3 heterocycles. The zero-order valence-electron chi connectivity index (χ0n) is 16.4. The van der Waals surface area contributed by atoms with Crippen molar-refractivity contribution in [3.05, 3.63) is 21.6 Å². The third-order valence-corrected chi connectivity index (χ3v) is 5.79. The molecule has 0 spiro atoms. The highest BCUT2D eigenvalue weighted by atomic mass is 16.5. The zero-order valence-corrected chi connectivity index (χ0v) is 16.4. The maximum absolute atomic E-state index is 12.7. The van der Waals surface area contributed by atoms with Crippen LogP contribution in [0.1, 0.15) is 37.4 Å². The number of carbonyl (C=O) groups is 1. The Morgan fingerprint density at radius 2 is 2.07 bits per heavy atom. The van der Waals surface area contributed by atoms with Gasteiger partial charge in [-0.2, -0.15) is 0 Å². The van der Waals surface area contributed by atoms with Crippen LogP contribution >= 0.6 is 0 Å². The van der Waals surface area contributed by atoms with Crippen LogP contribution in [0.2, 0.25) is 0 Å². The van der Waals surface area contributed by atoms with Crippen molar-refractivity contribution in [1.29, 1.82) is 0 Å². The third kappa shape index (κ3) is 4.50. The van der Waals surface area contributed by atoms with Gasteiger partial charge in [-0.1, -0.05) is 6.92 Å². The number of anilines is 1. The monoisotopic (exact) mass is 377 g/mol. The van der Waals surface area contributed by atoms with Gasteiger partial charge in [-0.3, -0.25) is 14.6 Å². The van der Waals surface area contributed by atoms with Crippen LogP contribution in [0.4, 0.5) is 5.95 Å². The fourth-order valence-electron chi connectivity index (χ4n) is 4.11. The topological polar surface area (TPSA) is 105 Å². The van der Waals surface area contributed by atoms with Gasteiger partial charge in [0.05, 0.1) is 13.2 Å². The first-order valence-electron chi connectivity index (χ1n) is 9.93. The fraction of sp³-hybridized carbons (Fsp3) is 0.737. The van der Waals surface area contributed by atoms with Crippen molar-refractivity contribution >= 4 is 11.9 Å². The molecule has 8 heteroatoms. The Bertz CT molecular complexity index is 714. The van der Waals surface area contributed by atoms with Gasteiger partial charge in [0.2, 0.25) is 11.9 Å². The highest BCUT2D eigenvalue weighted by Gasteiger charge is 2.30. The summed E-state index contributed by atoms with van der Waals surface area (Å²) in [4.78, 5) is 36.7. The van der Waals surface area contributed by atoms with E-state index in [9.17, 15) is 9.59 Å². The number of nitrogens with two attached hydrogens (primary N) is 1. The van der Waals surface area contributed by atoms with Crippen molar-refractivity contribution in [2.75, 3.05) is 44.3 Å². The number of piperidine rings is 1. The van der Waals surface area contributed by atoms with Crippen LogP contribution in [0.5, 0.6) is 0 Å². The number of nitrogens with zero attached hydrogens (tertiary/aromatic N) is 3. The van der Waals surface area contributed by atoms with Crippen LogP contribution in [-0.2, 0) is 16.0 Å². The normalized spacial score (nSPS) is 23.5. The molecule has 8 nitrogen and oxygen atoms in total. The quantitative estimate of drug-likeness (QED) is 0.771. The summed E-state index contributed by atoms with van der Waals surface area (Å²) >= 11 is 0. The minimum atomic E-state index is -0.154. The van der Waals surface area contributed by atoms with Gasteiger partial charge in [0.1, 0.15) is 0 Å². The van der Waals surface area contributed by atoms with Gasteiger partial charge in [-0.15, -0.1) is 0 Å². The van der Waals surface area contributed by atoms with Crippen LogP contribution in [0.25, 0.3) is 0 Å². The molecule has 27 heavy (non-hydrogen) atoms. The second-order valence-corrected chi connectivity index (χ2v) is 7.56. The summed E-state index contributed by atoms with van der Waals surface area (Å²) < 4.78 is 5.34. The second kappa shape index (κ2) is 8.84. The lowest BCUT2D eigenvalue weighted by atomic mass is 9.90. The molecule has 1 aromatic heterocycles. The Morgan fingerprint density at radius 1 is 1.33 bits per heavy atom. The molecular weight excluding hydrogens is 346 g/mol. The molecule has 3 rings (SSSR count). The maximum Gasteiger partial charge on any atom is 0.255 e. The molecule has 2 saturated heterocycles. The van der Waals surface area contributed by atoms with E-state index in [-0.39, 0.29) is 17.5 Å². The Labute approximate surface area is 160 Å². The van der Waals surface area contributed by atoms with Crippen molar-refractivity contribution in [3.63, 3.8) is 0 Å². The molecule has 1 amide bonds. The van der Waals surface area contributed by atoms with Crippen molar-refractivity contribution < 1.29 is 9.53 Å².